The number of rotatable bonds is 2. The maximum Gasteiger partial charge on any atom is 0.293 e. The lowest BCUT2D eigenvalue weighted by atomic mass is 10.2. The van der Waals surface area contributed by atoms with Crippen molar-refractivity contribution in [3.05, 3.63) is 59.6 Å². The highest BCUT2D eigenvalue weighted by molar-refractivity contribution is 6.28. The van der Waals surface area contributed by atoms with Crippen molar-refractivity contribution in [3.8, 4) is 0 Å². The highest BCUT2D eigenvalue weighted by Gasteiger charge is 2.06. The summed E-state index contributed by atoms with van der Waals surface area (Å²) < 4.78 is 1.95. The molecule has 0 atom stereocenters. The van der Waals surface area contributed by atoms with E-state index in [1.54, 1.807) is 12.4 Å². The summed E-state index contributed by atoms with van der Waals surface area (Å²) in [7, 11) is 0. The van der Waals surface area contributed by atoms with Crippen LogP contribution in [0.15, 0.2) is 48.9 Å². The van der Waals surface area contributed by atoms with E-state index in [0.717, 1.165) is 6.54 Å². The second-order valence-electron chi connectivity index (χ2n) is 3.01. The van der Waals surface area contributed by atoms with Crippen LogP contribution in [0.25, 0.3) is 0 Å². The quantitative estimate of drug-likeness (QED) is 0.686. The second-order valence-corrected chi connectivity index (χ2v) is 3.40. The van der Waals surface area contributed by atoms with Gasteiger partial charge in [-0.05, 0) is 11.6 Å². The molecule has 1 heterocycles. The molecule has 0 amide bonds. The highest BCUT2D eigenvalue weighted by atomic mass is 35.5. The van der Waals surface area contributed by atoms with E-state index < -0.39 is 0 Å². The van der Waals surface area contributed by atoms with Crippen molar-refractivity contribution in [3.63, 3.8) is 0 Å². The Balaban J connectivity index is 2.24. The third-order valence-electron chi connectivity index (χ3n) is 1.98. The lowest BCUT2D eigenvalue weighted by Crippen LogP contribution is -2.35. The van der Waals surface area contributed by atoms with E-state index >= 15 is 0 Å². The van der Waals surface area contributed by atoms with E-state index in [4.69, 9.17) is 11.6 Å². The summed E-state index contributed by atoms with van der Waals surface area (Å²) in [6.07, 6.45) is 5.24. The summed E-state index contributed by atoms with van der Waals surface area (Å²) in [6, 6.07) is 10.2. The molecule has 2 rings (SSSR count). The van der Waals surface area contributed by atoms with Crippen molar-refractivity contribution in [1.82, 2.24) is 4.98 Å². The number of halogens is 1. The summed E-state index contributed by atoms with van der Waals surface area (Å²) >= 11 is 5.97. The van der Waals surface area contributed by atoms with Gasteiger partial charge in [-0.25, -0.2) is 0 Å². The Bertz CT molecular complexity index is 415. The van der Waals surface area contributed by atoms with Gasteiger partial charge in [-0.15, -0.1) is 0 Å². The average Bonchev–Trinajstić information content (AvgIpc) is 2.23. The third-order valence-corrected chi connectivity index (χ3v) is 2.30. The van der Waals surface area contributed by atoms with Gasteiger partial charge in [-0.3, -0.25) is 4.98 Å². The summed E-state index contributed by atoms with van der Waals surface area (Å²) in [5, 5.41) is 0.649. The van der Waals surface area contributed by atoms with Crippen LogP contribution in [-0.2, 0) is 6.54 Å². The first-order valence-corrected chi connectivity index (χ1v) is 4.77. The van der Waals surface area contributed by atoms with Crippen LogP contribution in [0.2, 0.25) is 5.15 Å². The van der Waals surface area contributed by atoms with Crippen LogP contribution >= 0.6 is 11.6 Å². The zero-order valence-electron chi connectivity index (χ0n) is 7.60. The minimum Gasteiger partial charge on any atom is -0.250 e. The van der Waals surface area contributed by atoms with Gasteiger partial charge in [0.25, 0.3) is 5.15 Å². The summed E-state index contributed by atoms with van der Waals surface area (Å²) in [6.45, 7) is 0.780. The highest BCUT2D eigenvalue weighted by Crippen LogP contribution is 2.01. The second kappa shape index (κ2) is 4.20. The van der Waals surface area contributed by atoms with E-state index in [1.165, 1.54) is 5.56 Å². The fourth-order valence-electron chi connectivity index (χ4n) is 1.28. The monoisotopic (exact) mass is 205 g/mol. The molecule has 0 bridgehead atoms. The molecule has 0 unspecified atom stereocenters. The van der Waals surface area contributed by atoms with Crippen molar-refractivity contribution >= 4 is 11.6 Å². The molecule has 0 aliphatic heterocycles. The van der Waals surface area contributed by atoms with Gasteiger partial charge in [0, 0.05) is 5.56 Å². The van der Waals surface area contributed by atoms with Gasteiger partial charge >= 0.3 is 0 Å². The topological polar surface area (TPSA) is 16.8 Å². The van der Waals surface area contributed by atoms with Crippen molar-refractivity contribution in [1.29, 1.82) is 0 Å². The third kappa shape index (κ3) is 2.09. The van der Waals surface area contributed by atoms with Gasteiger partial charge in [0.05, 0.1) is 6.20 Å². The molecule has 2 aromatic rings. The largest absolute Gasteiger partial charge is 0.293 e. The van der Waals surface area contributed by atoms with E-state index in [2.05, 4.69) is 17.1 Å². The number of hydrogen-bond acceptors (Lipinski definition) is 1. The normalized spacial score (nSPS) is 10.1. The van der Waals surface area contributed by atoms with Gasteiger partial charge in [-0.2, -0.15) is 4.57 Å². The minimum absolute atomic E-state index is 0.649. The molecule has 1 aromatic carbocycles. The smallest absolute Gasteiger partial charge is 0.250 e. The lowest BCUT2D eigenvalue weighted by molar-refractivity contribution is -0.686. The molecule has 14 heavy (non-hydrogen) atoms. The first-order valence-electron chi connectivity index (χ1n) is 4.39. The fraction of sp³-hybridized carbons (Fsp3) is 0.0909. The van der Waals surface area contributed by atoms with Gasteiger partial charge in [0.2, 0.25) is 0 Å². The van der Waals surface area contributed by atoms with Crippen LogP contribution in [0.5, 0.6) is 0 Å². The van der Waals surface area contributed by atoms with Crippen LogP contribution in [0.1, 0.15) is 5.56 Å². The van der Waals surface area contributed by atoms with Gasteiger partial charge in [0.1, 0.15) is 6.20 Å². The minimum atomic E-state index is 0.649. The first-order chi connectivity index (χ1) is 6.86. The maximum absolute atomic E-state index is 5.97. The molecule has 70 valence electrons. The number of nitrogens with zero attached hydrogens (tertiary/aromatic N) is 2. The van der Waals surface area contributed by atoms with E-state index in [-0.39, 0.29) is 0 Å². The lowest BCUT2D eigenvalue weighted by Gasteiger charge is -1.97. The molecule has 3 heteroatoms. The van der Waals surface area contributed by atoms with E-state index in [0.29, 0.717) is 5.15 Å². The van der Waals surface area contributed by atoms with Crippen molar-refractivity contribution in [2.75, 3.05) is 0 Å². The molecule has 0 spiro atoms. The SMILES string of the molecule is Clc1cncc[n+]1Cc1ccccc1. The van der Waals surface area contributed by atoms with Gasteiger partial charge < -0.3 is 0 Å². The molecule has 0 N–H and O–H groups in total. The number of benzene rings is 1. The van der Waals surface area contributed by atoms with Crippen LogP contribution in [0, 0.1) is 0 Å². The zero-order chi connectivity index (χ0) is 9.80. The Morgan fingerprint density at radius 2 is 2.00 bits per heavy atom. The average molecular weight is 206 g/mol. The molecule has 1 aromatic heterocycles. The predicted octanol–water partition coefficient (Wildman–Crippen LogP) is 2.07. The summed E-state index contributed by atoms with van der Waals surface area (Å²) in [5.74, 6) is 0. The van der Waals surface area contributed by atoms with Gasteiger partial charge in [0.15, 0.2) is 12.7 Å². The maximum atomic E-state index is 5.97. The van der Waals surface area contributed by atoms with Crippen molar-refractivity contribution < 1.29 is 4.57 Å². The van der Waals surface area contributed by atoms with Crippen LogP contribution in [0.4, 0.5) is 0 Å². The van der Waals surface area contributed by atoms with E-state index in [9.17, 15) is 0 Å². The Kier molecular flexibility index (Phi) is 2.75. The molecule has 0 aliphatic rings. The molecular weight excluding hydrogens is 196 g/mol. The molecule has 0 fully saturated rings. The Morgan fingerprint density at radius 3 is 2.71 bits per heavy atom. The number of aromatic nitrogens is 2. The Hall–Kier alpha value is -1.41. The van der Waals surface area contributed by atoms with Crippen molar-refractivity contribution in [2.45, 2.75) is 6.54 Å². The molecule has 2 nitrogen and oxygen atoms in total. The van der Waals surface area contributed by atoms with Crippen LogP contribution in [0.3, 0.4) is 0 Å². The van der Waals surface area contributed by atoms with E-state index in [1.807, 2.05) is 29.0 Å². The Morgan fingerprint density at radius 1 is 1.21 bits per heavy atom. The van der Waals surface area contributed by atoms with Crippen LogP contribution in [-0.4, -0.2) is 4.98 Å². The summed E-state index contributed by atoms with van der Waals surface area (Å²) in [4.78, 5) is 3.93. The standard InChI is InChI=1S/C11H10ClN2/c12-11-8-13-6-7-14(11)9-10-4-2-1-3-5-10/h1-8H,9H2/q+1. The number of hydrogen-bond donors (Lipinski definition) is 0. The molecular formula is C11H10ClN2+. The van der Waals surface area contributed by atoms with Crippen LogP contribution < -0.4 is 4.57 Å². The molecule has 0 saturated heterocycles. The summed E-state index contributed by atoms with van der Waals surface area (Å²) in [5.41, 5.74) is 1.23. The van der Waals surface area contributed by atoms with Gasteiger partial charge in [-0.1, -0.05) is 30.3 Å². The molecule has 0 aliphatic carbocycles. The first kappa shape index (κ1) is 9.16. The van der Waals surface area contributed by atoms with Crippen molar-refractivity contribution in [2.24, 2.45) is 0 Å². The fourth-order valence-corrected chi connectivity index (χ4v) is 1.45. The molecule has 0 saturated carbocycles. The molecule has 0 radical (unpaired) electrons. The Labute approximate surface area is 87.8 Å². The predicted molar refractivity (Wildman–Crippen MR) is 55.0 cm³/mol. The zero-order valence-corrected chi connectivity index (χ0v) is 8.35.